The highest BCUT2D eigenvalue weighted by Crippen LogP contribution is 2.26. The van der Waals surface area contributed by atoms with E-state index in [1.165, 1.54) is 11.8 Å². The molecule has 0 spiro atoms. The van der Waals surface area contributed by atoms with Crippen molar-refractivity contribution in [3.8, 4) is 0 Å². The van der Waals surface area contributed by atoms with E-state index in [9.17, 15) is 13.2 Å². The minimum atomic E-state index is -3.93. The van der Waals surface area contributed by atoms with Crippen LogP contribution < -0.4 is 9.62 Å². The number of thioether (sulfide) groups is 1. The molecule has 0 heterocycles. The SMILES string of the molecule is CSc1ccc(S(=O)(=O)N(CC(=O)NC(C)c2ccc(C)cc2)c2ccc(C)cc2)cc1. The van der Waals surface area contributed by atoms with Crippen molar-refractivity contribution in [1.29, 1.82) is 0 Å². The molecule has 0 fully saturated rings. The molecule has 0 radical (unpaired) electrons. The van der Waals surface area contributed by atoms with Gasteiger partial charge in [-0.05, 0) is 69.0 Å². The van der Waals surface area contributed by atoms with Gasteiger partial charge in [-0.2, -0.15) is 0 Å². The number of amides is 1. The summed E-state index contributed by atoms with van der Waals surface area (Å²) in [4.78, 5) is 14.0. The molecule has 3 rings (SSSR count). The molecule has 0 aliphatic carbocycles. The van der Waals surface area contributed by atoms with Crippen LogP contribution >= 0.6 is 11.8 Å². The largest absolute Gasteiger partial charge is 0.348 e. The number of hydrogen-bond acceptors (Lipinski definition) is 4. The maximum Gasteiger partial charge on any atom is 0.264 e. The van der Waals surface area contributed by atoms with Crippen LogP contribution in [0.15, 0.2) is 82.6 Å². The fourth-order valence-electron chi connectivity index (χ4n) is 3.26. The van der Waals surface area contributed by atoms with E-state index in [1.807, 2.05) is 63.4 Å². The zero-order valence-corrected chi connectivity index (χ0v) is 20.3. The van der Waals surface area contributed by atoms with Gasteiger partial charge in [0, 0.05) is 4.90 Å². The molecule has 0 aliphatic rings. The Bertz CT molecular complexity index is 1160. The Hall–Kier alpha value is -2.77. The molecule has 32 heavy (non-hydrogen) atoms. The average molecular weight is 469 g/mol. The number of carbonyl (C=O) groups is 1. The maximum atomic E-state index is 13.5. The Morgan fingerprint density at radius 2 is 1.44 bits per heavy atom. The van der Waals surface area contributed by atoms with Crippen LogP contribution in [-0.2, 0) is 14.8 Å². The van der Waals surface area contributed by atoms with Crippen LogP contribution in [0.5, 0.6) is 0 Å². The highest BCUT2D eigenvalue weighted by Gasteiger charge is 2.27. The molecule has 0 aliphatic heterocycles. The third-order valence-corrected chi connectivity index (χ3v) is 7.74. The van der Waals surface area contributed by atoms with E-state index in [1.54, 1.807) is 36.4 Å². The number of hydrogen-bond donors (Lipinski definition) is 1. The van der Waals surface area contributed by atoms with Crippen LogP contribution in [0.2, 0.25) is 0 Å². The lowest BCUT2D eigenvalue weighted by Gasteiger charge is -2.25. The molecule has 3 aromatic carbocycles. The van der Waals surface area contributed by atoms with Gasteiger partial charge in [0.2, 0.25) is 5.91 Å². The van der Waals surface area contributed by atoms with Crippen molar-refractivity contribution in [2.45, 2.75) is 36.6 Å². The highest BCUT2D eigenvalue weighted by molar-refractivity contribution is 7.98. The summed E-state index contributed by atoms with van der Waals surface area (Å²) in [5.74, 6) is -0.372. The summed E-state index contributed by atoms with van der Waals surface area (Å²) in [6, 6.07) is 21.5. The summed E-state index contributed by atoms with van der Waals surface area (Å²) in [6.07, 6.45) is 1.93. The normalized spacial score (nSPS) is 12.2. The molecular formula is C25H28N2O3S2. The summed E-state index contributed by atoms with van der Waals surface area (Å²) in [6.45, 7) is 5.50. The number of carbonyl (C=O) groups excluding carboxylic acids is 1. The first kappa shape index (κ1) is 23.9. The van der Waals surface area contributed by atoms with Crippen molar-refractivity contribution >= 4 is 33.4 Å². The van der Waals surface area contributed by atoms with E-state index in [0.717, 1.165) is 25.9 Å². The first-order valence-corrected chi connectivity index (χ1v) is 13.0. The Labute approximate surface area is 194 Å². The smallest absolute Gasteiger partial charge is 0.264 e. The quantitative estimate of drug-likeness (QED) is 0.467. The number of rotatable bonds is 8. The summed E-state index contributed by atoms with van der Waals surface area (Å²) in [5, 5.41) is 2.92. The van der Waals surface area contributed by atoms with Crippen molar-refractivity contribution < 1.29 is 13.2 Å². The summed E-state index contributed by atoms with van der Waals surface area (Å²) >= 11 is 1.54. The van der Waals surface area contributed by atoms with Crippen LogP contribution in [0, 0.1) is 13.8 Å². The number of anilines is 1. The fraction of sp³-hybridized carbons (Fsp3) is 0.240. The molecule has 1 atom stereocenters. The van der Waals surface area contributed by atoms with Gasteiger partial charge in [0.1, 0.15) is 6.54 Å². The fourth-order valence-corrected chi connectivity index (χ4v) is 5.09. The molecule has 7 heteroatoms. The zero-order chi connectivity index (χ0) is 23.3. The van der Waals surface area contributed by atoms with E-state index in [4.69, 9.17) is 0 Å². The Morgan fingerprint density at radius 1 is 0.906 bits per heavy atom. The topological polar surface area (TPSA) is 66.5 Å². The number of aryl methyl sites for hydroxylation is 2. The van der Waals surface area contributed by atoms with Gasteiger partial charge in [0.15, 0.2) is 0 Å². The van der Waals surface area contributed by atoms with Crippen molar-refractivity contribution in [2.24, 2.45) is 0 Å². The molecule has 1 N–H and O–H groups in total. The third-order valence-electron chi connectivity index (χ3n) is 5.21. The molecule has 5 nitrogen and oxygen atoms in total. The van der Waals surface area contributed by atoms with Crippen LogP contribution in [0.1, 0.15) is 29.7 Å². The Kier molecular flexibility index (Phi) is 7.64. The summed E-state index contributed by atoms with van der Waals surface area (Å²) in [7, 11) is -3.93. The monoisotopic (exact) mass is 468 g/mol. The van der Waals surface area contributed by atoms with Gasteiger partial charge in [-0.3, -0.25) is 9.10 Å². The molecule has 0 aromatic heterocycles. The predicted molar refractivity (Wildman–Crippen MR) is 132 cm³/mol. The van der Waals surface area contributed by atoms with Gasteiger partial charge in [0.25, 0.3) is 10.0 Å². The lowest BCUT2D eigenvalue weighted by Crippen LogP contribution is -2.41. The van der Waals surface area contributed by atoms with Crippen molar-refractivity contribution in [1.82, 2.24) is 5.32 Å². The first-order chi connectivity index (χ1) is 15.2. The van der Waals surface area contributed by atoms with Gasteiger partial charge in [-0.15, -0.1) is 11.8 Å². The van der Waals surface area contributed by atoms with Crippen molar-refractivity contribution in [3.05, 3.63) is 89.5 Å². The van der Waals surface area contributed by atoms with Gasteiger partial charge < -0.3 is 5.32 Å². The number of benzene rings is 3. The highest BCUT2D eigenvalue weighted by atomic mass is 32.2. The van der Waals surface area contributed by atoms with Crippen LogP contribution in [-0.4, -0.2) is 27.1 Å². The summed E-state index contributed by atoms with van der Waals surface area (Å²) < 4.78 is 28.1. The summed E-state index contributed by atoms with van der Waals surface area (Å²) in [5.41, 5.74) is 3.55. The van der Waals surface area contributed by atoms with E-state index >= 15 is 0 Å². The molecule has 0 bridgehead atoms. The maximum absolute atomic E-state index is 13.5. The second-order valence-corrected chi connectivity index (χ2v) is 10.5. The minimum absolute atomic E-state index is 0.148. The number of sulfonamides is 1. The van der Waals surface area contributed by atoms with E-state index in [2.05, 4.69) is 5.32 Å². The van der Waals surface area contributed by atoms with Gasteiger partial charge in [-0.25, -0.2) is 8.42 Å². The molecular weight excluding hydrogens is 440 g/mol. The van der Waals surface area contributed by atoms with Crippen LogP contribution in [0.3, 0.4) is 0 Å². The standard InChI is InChI=1S/C25H28N2O3S2/c1-18-5-9-21(10-6-18)20(3)26-25(28)17-27(22-11-7-19(2)8-12-22)32(29,30)24-15-13-23(31-4)14-16-24/h5-16,20H,17H2,1-4H3,(H,26,28). The van der Waals surface area contributed by atoms with E-state index < -0.39 is 10.0 Å². The predicted octanol–water partition coefficient (Wildman–Crippen LogP) is 5.10. The van der Waals surface area contributed by atoms with Crippen molar-refractivity contribution in [2.75, 3.05) is 17.1 Å². The van der Waals surface area contributed by atoms with E-state index in [0.29, 0.717) is 5.69 Å². The molecule has 1 unspecified atom stereocenters. The zero-order valence-electron chi connectivity index (χ0n) is 18.7. The number of nitrogens with one attached hydrogen (secondary N) is 1. The Morgan fingerprint density at radius 3 is 1.97 bits per heavy atom. The average Bonchev–Trinajstić information content (AvgIpc) is 2.78. The molecule has 1 amide bonds. The van der Waals surface area contributed by atoms with Crippen molar-refractivity contribution in [3.63, 3.8) is 0 Å². The molecule has 3 aromatic rings. The lowest BCUT2D eigenvalue weighted by molar-refractivity contribution is -0.120. The second kappa shape index (κ2) is 10.2. The Balaban J connectivity index is 1.87. The lowest BCUT2D eigenvalue weighted by atomic mass is 10.1. The second-order valence-electron chi connectivity index (χ2n) is 7.72. The van der Waals surface area contributed by atoms with Gasteiger partial charge >= 0.3 is 0 Å². The number of nitrogens with zero attached hydrogens (tertiary/aromatic N) is 1. The van der Waals surface area contributed by atoms with E-state index in [-0.39, 0.29) is 23.4 Å². The van der Waals surface area contributed by atoms with Gasteiger partial charge in [0.05, 0.1) is 16.6 Å². The minimum Gasteiger partial charge on any atom is -0.348 e. The molecule has 168 valence electrons. The van der Waals surface area contributed by atoms with Crippen LogP contribution in [0.4, 0.5) is 5.69 Å². The van der Waals surface area contributed by atoms with Crippen LogP contribution in [0.25, 0.3) is 0 Å². The van der Waals surface area contributed by atoms with Gasteiger partial charge in [-0.1, -0.05) is 47.5 Å². The third kappa shape index (κ3) is 5.72. The first-order valence-electron chi connectivity index (χ1n) is 10.3. The molecule has 0 saturated heterocycles. The molecule has 0 saturated carbocycles.